The molecule has 0 aliphatic heterocycles. The van der Waals surface area contributed by atoms with Crippen molar-refractivity contribution >= 4 is 49.7 Å². The third-order valence-electron chi connectivity index (χ3n) is 3.90. The molecular weight excluding hydrogens is 420 g/mol. The van der Waals surface area contributed by atoms with Crippen molar-refractivity contribution in [3.8, 4) is 0 Å². The summed E-state index contributed by atoms with van der Waals surface area (Å²) in [5.41, 5.74) is 1.74. The number of aryl methyl sites for hydroxylation is 1. The molecule has 1 amide bonds. The molecule has 0 saturated heterocycles. The van der Waals surface area contributed by atoms with Gasteiger partial charge in [0.05, 0.1) is 5.69 Å². The van der Waals surface area contributed by atoms with Crippen molar-refractivity contribution in [2.45, 2.75) is 18.2 Å². The van der Waals surface area contributed by atoms with Gasteiger partial charge < -0.3 is 0 Å². The molecule has 0 fully saturated rings. The number of amides is 1. The molecule has 146 valence electrons. The molecule has 3 aromatic rings. The summed E-state index contributed by atoms with van der Waals surface area (Å²) in [5, 5.41) is 10.6. The summed E-state index contributed by atoms with van der Waals surface area (Å²) in [6.45, 7) is 3.81. The predicted molar refractivity (Wildman–Crippen MR) is 111 cm³/mol. The van der Waals surface area contributed by atoms with E-state index in [1.165, 1.54) is 10.4 Å². The summed E-state index contributed by atoms with van der Waals surface area (Å²) in [6, 6.07) is 13.6. The molecule has 0 aliphatic carbocycles. The zero-order valence-corrected chi connectivity index (χ0v) is 17.5. The summed E-state index contributed by atoms with van der Waals surface area (Å²) in [7, 11) is -3.91. The minimum absolute atomic E-state index is 0.0874. The summed E-state index contributed by atoms with van der Waals surface area (Å²) in [5.74, 6) is -0.450. The fourth-order valence-electron chi connectivity index (χ4n) is 2.57. The van der Waals surface area contributed by atoms with Gasteiger partial charge in [0.25, 0.3) is 20.3 Å². The molecule has 1 N–H and O–H groups in total. The van der Waals surface area contributed by atoms with Gasteiger partial charge in [-0.1, -0.05) is 47.2 Å². The fraction of sp³-hybridized carbons (Fsp3) is 0.167. The highest BCUT2D eigenvalue weighted by Crippen LogP contribution is 2.29. The largest absolute Gasteiger partial charge is 0.296 e. The molecule has 0 atom stereocenters. The lowest BCUT2D eigenvalue weighted by molar-refractivity contribution is 0.102. The molecule has 0 bridgehead atoms. The first-order chi connectivity index (χ1) is 13.3. The Kier molecular flexibility index (Phi) is 5.97. The maximum atomic E-state index is 13.0. The normalized spacial score (nSPS) is 11.2. The summed E-state index contributed by atoms with van der Waals surface area (Å²) in [4.78, 5) is 12.3. The Balaban J connectivity index is 1.85. The second-order valence-corrected chi connectivity index (χ2v) is 9.24. The number of carbonyl (C=O) groups excluding carboxylic acids is 1. The molecule has 1 aromatic heterocycles. The fourth-order valence-corrected chi connectivity index (χ4v) is 5.30. The zero-order chi connectivity index (χ0) is 20.3. The van der Waals surface area contributed by atoms with Crippen molar-refractivity contribution in [1.29, 1.82) is 0 Å². The number of halogens is 1. The van der Waals surface area contributed by atoms with E-state index in [4.69, 9.17) is 11.6 Å². The molecule has 3 rings (SSSR count). The maximum Gasteiger partial charge on any atom is 0.293 e. The molecule has 0 unspecified atom stereocenters. The lowest BCUT2D eigenvalue weighted by Gasteiger charge is -2.22. The van der Waals surface area contributed by atoms with Crippen molar-refractivity contribution in [3.63, 3.8) is 0 Å². The number of hydrogen-bond acceptors (Lipinski definition) is 6. The van der Waals surface area contributed by atoms with E-state index in [2.05, 4.69) is 15.5 Å². The van der Waals surface area contributed by atoms with Crippen LogP contribution in [0, 0.1) is 6.92 Å². The average Bonchev–Trinajstić information content (AvgIpc) is 3.13. The first kappa shape index (κ1) is 20.2. The second-order valence-electron chi connectivity index (χ2n) is 5.79. The van der Waals surface area contributed by atoms with Gasteiger partial charge in [-0.3, -0.25) is 14.4 Å². The van der Waals surface area contributed by atoms with Crippen LogP contribution in [-0.2, 0) is 10.0 Å². The maximum absolute atomic E-state index is 13.0. The minimum Gasteiger partial charge on any atom is -0.296 e. The highest BCUT2D eigenvalue weighted by molar-refractivity contribution is 7.94. The number of rotatable bonds is 6. The molecule has 0 aliphatic rings. The number of aromatic nitrogens is 2. The molecule has 1 heterocycles. The number of hydrogen-bond donors (Lipinski definition) is 1. The van der Waals surface area contributed by atoms with E-state index in [9.17, 15) is 13.2 Å². The molecule has 0 radical (unpaired) electrons. The van der Waals surface area contributed by atoms with Crippen LogP contribution in [-0.4, -0.2) is 31.1 Å². The number of carbonyl (C=O) groups is 1. The van der Waals surface area contributed by atoms with E-state index in [0.717, 1.165) is 16.9 Å². The Morgan fingerprint density at radius 3 is 2.61 bits per heavy atom. The quantitative estimate of drug-likeness (QED) is 0.590. The first-order valence-electron chi connectivity index (χ1n) is 8.31. The Labute approximate surface area is 172 Å². The van der Waals surface area contributed by atoms with Crippen LogP contribution in [0.4, 0.5) is 10.8 Å². The third-order valence-corrected chi connectivity index (χ3v) is 7.20. The molecule has 10 heteroatoms. The Hall–Kier alpha value is -2.49. The zero-order valence-electron chi connectivity index (χ0n) is 15.1. The van der Waals surface area contributed by atoms with Gasteiger partial charge in [-0.15, -0.1) is 10.2 Å². The van der Waals surface area contributed by atoms with Crippen LogP contribution in [0.5, 0.6) is 0 Å². The van der Waals surface area contributed by atoms with Crippen LogP contribution in [0.25, 0.3) is 0 Å². The lowest BCUT2D eigenvalue weighted by atomic mass is 10.2. The van der Waals surface area contributed by atoms with Crippen LogP contribution < -0.4 is 9.62 Å². The van der Waals surface area contributed by atoms with Gasteiger partial charge in [-0.25, -0.2) is 0 Å². The van der Waals surface area contributed by atoms with Gasteiger partial charge >= 0.3 is 0 Å². The molecular formula is C18H17ClN4O3S2. The van der Waals surface area contributed by atoms with Crippen molar-refractivity contribution in [2.75, 3.05) is 16.2 Å². The monoisotopic (exact) mass is 436 g/mol. The Morgan fingerprint density at radius 2 is 1.93 bits per heavy atom. The van der Waals surface area contributed by atoms with Gasteiger partial charge in [0, 0.05) is 17.1 Å². The number of sulfonamides is 1. The summed E-state index contributed by atoms with van der Waals surface area (Å²) < 4.78 is 27.1. The highest BCUT2D eigenvalue weighted by Gasteiger charge is 2.29. The number of benzene rings is 2. The second kappa shape index (κ2) is 8.26. The molecule has 28 heavy (non-hydrogen) atoms. The number of nitrogens with zero attached hydrogens (tertiary/aromatic N) is 3. The number of para-hydroxylation sites is 1. The predicted octanol–water partition coefficient (Wildman–Crippen LogP) is 3.97. The van der Waals surface area contributed by atoms with Gasteiger partial charge in [0.2, 0.25) is 5.13 Å². The van der Waals surface area contributed by atoms with E-state index >= 15 is 0 Å². The first-order valence-corrected chi connectivity index (χ1v) is 10.9. The van der Waals surface area contributed by atoms with Gasteiger partial charge in [0.15, 0.2) is 0 Å². The smallest absolute Gasteiger partial charge is 0.293 e. The van der Waals surface area contributed by atoms with Crippen LogP contribution in [0.1, 0.15) is 22.8 Å². The van der Waals surface area contributed by atoms with Crippen molar-refractivity contribution in [2.24, 2.45) is 0 Å². The van der Waals surface area contributed by atoms with E-state index < -0.39 is 15.9 Å². The van der Waals surface area contributed by atoms with Crippen LogP contribution in [0.15, 0.2) is 52.9 Å². The van der Waals surface area contributed by atoms with E-state index in [0.29, 0.717) is 16.3 Å². The molecule has 0 spiro atoms. The topological polar surface area (TPSA) is 92.3 Å². The number of nitrogens with one attached hydrogen (secondary N) is 1. The lowest BCUT2D eigenvalue weighted by Crippen LogP contribution is -2.31. The van der Waals surface area contributed by atoms with Crippen molar-refractivity contribution in [1.82, 2.24) is 10.2 Å². The minimum atomic E-state index is -3.91. The van der Waals surface area contributed by atoms with Gasteiger partial charge in [-0.2, -0.15) is 8.42 Å². The van der Waals surface area contributed by atoms with E-state index in [1.807, 2.05) is 19.1 Å². The van der Waals surface area contributed by atoms with E-state index in [1.54, 1.807) is 37.3 Å². The SMILES string of the molecule is CCN(c1ccccc1C)S(=O)(=O)c1nnc(NC(=O)c2cccc(Cl)c2)s1. The third kappa shape index (κ3) is 4.16. The van der Waals surface area contributed by atoms with Crippen molar-refractivity contribution < 1.29 is 13.2 Å². The van der Waals surface area contributed by atoms with Crippen LogP contribution >= 0.6 is 22.9 Å². The Morgan fingerprint density at radius 1 is 1.18 bits per heavy atom. The average molecular weight is 437 g/mol. The van der Waals surface area contributed by atoms with E-state index in [-0.39, 0.29) is 16.0 Å². The molecule has 7 nitrogen and oxygen atoms in total. The van der Waals surface area contributed by atoms with Crippen molar-refractivity contribution in [3.05, 3.63) is 64.7 Å². The molecule has 2 aromatic carbocycles. The standard InChI is InChI=1S/C18H17ClN4O3S2/c1-3-23(15-10-5-4-7-12(15)2)28(25,26)18-22-21-17(27-18)20-16(24)13-8-6-9-14(19)11-13/h4-11H,3H2,1-2H3,(H,20,21,24). The highest BCUT2D eigenvalue weighted by atomic mass is 35.5. The Bertz CT molecular complexity index is 1120. The van der Waals surface area contributed by atoms with Crippen LogP contribution in [0.3, 0.4) is 0 Å². The summed E-state index contributed by atoms with van der Waals surface area (Å²) in [6.07, 6.45) is 0. The molecule has 0 saturated carbocycles. The van der Waals surface area contributed by atoms with Crippen LogP contribution in [0.2, 0.25) is 5.02 Å². The van der Waals surface area contributed by atoms with Gasteiger partial charge in [0.1, 0.15) is 0 Å². The van der Waals surface area contributed by atoms with Gasteiger partial charge in [-0.05, 0) is 43.7 Å². The number of anilines is 2. The summed E-state index contributed by atoms with van der Waals surface area (Å²) >= 11 is 6.68.